The first-order valence-corrected chi connectivity index (χ1v) is 7.22. The Labute approximate surface area is 122 Å². The number of carbonyl (C=O) groups excluding carboxylic acids is 2. The molecule has 1 rings (SSSR count). The largest absolute Gasteiger partial charge is 0.389 e. The third-order valence-electron chi connectivity index (χ3n) is 2.61. The van der Waals surface area contributed by atoms with E-state index in [4.69, 9.17) is 5.73 Å². The van der Waals surface area contributed by atoms with Crippen LogP contribution in [0.3, 0.4) is 0 Å². The van der Waals surface area contributed by atoms with Crippen molar-refractivity contribution in [2.24, 2.45) is 5.73 Å². The first kappa shape index (κ1) is 16.6. The standard InChI is InChI=1S/C13H21N3O3S/c1-4-16(8-13(2,3)19)7-10(17)15-12-9(11(14)18)5-6-20-12/h5-6,19H,4,7-8H2,1-3H3,(H2,14,18)(H,15,17). The van der Waals surface area contributed by atoms with Gasteiger partial charge in [0.25, 0.3) is 5.91 Å². The quantitative estimate of drug-likeness (QED) is 0.696. The van der Waals surface area contributed by atoms with Gasteiger partial charge in [-0.3, -0.25) is 14.5 Å². The highest BCUT2D eigenvalue weighted by Gasteiger charge is 2.20. The van der Waals surface area contributed by atoms with Crippen LogP contribution in [0.5, 0.6) is 0 Å². The number of nitrogens with one attached hydrogen (secondary N) is 1. The molecule has 0 radical (unpaired) electrons. The Hall–Kier alpha value is -1.44. The molecule has 1 heterocycles. The molecule has 0 fully saturated rings. The van der Waals surface area contributed by atoms with Crippen molar-refractivity contribution in [1.29, 1.82) is 0 Å². The molecule has 7 heteroatoms. The maximum atomic E-state index is 12.0. The van der Waals surface area contributed by atoms with Crippen molar-refractivity contribution in [1.82, 2.24) is 4.90 Å². The molecule has 2 amide bonds. The molecule has 6 nitrogen and oxygen atoms in total. The van der Waals surface area contributed by atoms with Crippen molar-refractivity contribution in [3.63, 3.8) is 0 Å². The lowest BCUT2D eigenvalue weighted by Crippen LogP contribution is -2.42. The second-order valence-corrected chi connectivity index (χ2v) is 6.11. The smallest absolute Gasteiger partial charge is 0.251 e. The number of carbonyl (C=O) groups is 2. The van der Waals surface area contributed by atoms with E-state index in [0.29, 0.717) is 23.7 Å². The summed E-state index contributed by atoms with van der Waals surface area (Å²) in [7, 11) is 0. The number of hydrogen-bond acceptors (Lipinski definition) is 5. The molecule has 0 saturated heterocycles. The highest BCUT2D eigenvalue weighted by Crippen LogP contribution is 2.22. The summed E-state index contributed by atoms with van der Waals surface area (Å²) in [6.07, 6.45) is 0. The van der Waals surface area contributed by atoms with Gasteiger partial charge >= 0.3 is 0 Å². The zero-order valence-corrected chi connectivity index (χ0v) is 12.8. The molecule has 4 N–H and O–H groups in total. The van der Waals surface area contributed by atoms with Crippen LogP contribution in [-0.2, 0) is 4.79 Å². The van der Waals surface area contributed by atoms with E-state index in [1.54, 1.807) is 25.3 Å². The summed E-state index contributed by atoms with van der Waals surface area (Å²) >= 11 is 1.25. The molecule has 1 aromatic rings. The Morgan fingerprint density at radius 2 is 2.15 bits per heavy atom. The molecule has 0 atom stereocenters. The molecule has 0 unspecified atom stereocenters. The Kier molecular flexibility index (Phi) is 5.67. The van der Waals surface area contributed by atoms with Gasteiger partial charge in [0.05, 0.1) is 17.7 Å². The molecule has 0 aliphatic carbocycles. The monoisotopic (exact) mass is 299 g/mol. The Morgan fingerprint density at radius 3 is 2.65 bits per heavy atom. The van der Waals surface area contributed by atoms with E-state index in [2.05, 4.69) is 5.32 Å². The Balaban J connectivity index is 2.62. The van der Waals surface area contributed by atoms with E-state index >= 15 is 0 Å². The van der Waals surface area contributed by atoms with Gasteiger partial charge in [0.2, 0.25) is 5.91 Å². The summed E-state index contributed by atoms with van der Waals surface area (Å²) < 4.78 is 0. The number of amides is 2. The number of rotatable bonds is 7. The molecule has 0 aliphatic rings. The Morgan fingerprint density at radius 1 is 1.50 bits per heavy atom. The van der Waals surface area contributed by atoms with E-state index in [0.717, 1.165) is 0 Å². The number of nitrogens with two attached hydrogens (primary N) is 1. The number of hydrogen-bond donors (Lipinski definition) is 3. The summed E-state index contributed by atoms with van der Waals surface area (Å²) in [6.45, 7) is 6.49. The van der Waals surface area contributed by atoms with Crippen LogP contribution in [0.4, 0.5) is 5.00 Å². The molecular weight excluding hydrogens is 278 g/mol. The van der Waals surface area contributed by atoms with Gasteiger partial charge in [0.15, 0.2) is 0 Å². The van der Waals surface area contributed by atoms with Gasteiger partial charge in [0, 0.05) is 6.54 Å². The summed E-state index contributed by atoms with van der Waals surface area (Å²) in [5.41, 5.74) is 4.67. The fraction of sp³-hybridized carbons (Fsp3) is 0.538. The minimum atomic E-state index is -0.863. The van der Waals surface area contributed by atoms with E-state index < -0.39 is 11.5 Å². The number of aliphatic hydroxyl groups is 1. The fourth-order valence-corrected chi connectivity index (χ4v) is 2.60. The maximum Gasteiger partial charge on any atom is 0.251 e. The first-order valence-electron chi connectivity index (χ1n) is 6.35. The summed E-state index contributed by atoms with van der Waals surface area (Å²) in [4.78, 5) is 25.0. The van der Waals surface area contributed by atoms with Gasteiger partial charge in [0.1, 0.15) is 5.00 Å². The Bertz CT molecular complexity index is 479. The molecule has 0 bridgehead atoms. The van der Waals surface area contributed by atoms with Crippen LogP contribution in [0.2, 0.25) is 0 Å². The molecule has 20 heavy (non-hydrogen) atoms. The van der Waals surface area contributed by atoms with Crippen LogP contribution in [0, 0.1) is 0 Å². The molecule has 0 spiro atoms. The second kappa shape index (κ2) is 6.83. The fourth-order valence-electron chi connectivity index (χ4n) is 1.80. The summed E-state index contributed by atoms with van der Waals surface area (Å²) in [6, 6.07) is 1.58. The van der Waals surface area contributed by atoms with Gasteiger partial charge in [-0.05, 0) is 31.8 Å². The van der Waals surface area contributed by atoms with Crippen molar-refractivity contribution in [3.8, 4) is 0 Å². The van der Waals surface area contributed by atoms with Crippen molar-refractivity contribution < 1.29 is 14.7 Å². The minimum Gasteiger partial charge on any atom is -0.389 e. The topological polar surface area (TPSA) is 95.7 Å². The maximum absolute atomic E-state index is 12.0. The molecule has 1 aromatic heterocycles. The van der Waals surface area contributed by atoms with E-state index in [-0.39, 0.29) is 12.5 Å². The molecular formula is C13H21N3O3S. The van der Waals surface area contributed by atoms with Crippen molar-refractivity contribution >= 4 is 28.2 Å². The number of nitrogens with zero attached hydrogens (tertiary/aromatic N) is 1. The summed E-state index contributed by atoms with van der Waals surface area (Å²) in [5.74, 6) is -0.800. The summed E-state index contributed by atoms with van der Waals surface area (Å²) in [5, 5.41) is 14.6. The first-order chi connectivity index (χ1) is 9.23. The lowest BCUT2D eigenvalue weighted by molar-refractivity contribution is -0.117. The van der Waals surface area contributed by atoms with Gasteiger partial charge in [-0.15, -0.1) is 11.3 Å². The van der Waals surface area contributed by atoms with Crippen molar-refractivity contribution in [2.75, 3.05) is 25.0 Å². The van der Waals surface area contributed by atoms with Gasteiger partial charge in [-0.1, -0.05) is 6.92 Å². The van der Waals surface area contributed by atoms with Crippen LogP contribution < -0.4 is 11.1 Å². The van der Waals surface area contributed by atoms with E-state index in [1.807, 2.05) is 11.8 Å². The van der Waals surface area contributed by atoms with Crippen LogP contribution in [-0.4, -0.2) is 47.1 Å². The molecule has 0 saturated carbocycles. The normalized spacial score (nSPS) is 11.7. The number of primary amides is 1. The van der Waals surface area contributed by atoms with E-state index in [9.17, 15) is 14.7 Å². The molecule has 0 aromatic carbocycles. The predicted octanol–water partition coefficient (Wildman–Crippen LogP) is 0.878. The third-order valence-corrected chi connectivity index (χ3v) is 3.44. The van der Waals surface area contributed by atoms with Crippen molar-refractivity contribution in [3.05, 3.63) is 17.0 Å². The van der Waals surface area contributed by atoms with Gasteiger partial charge in [-0.25, -0.2) is 0 Å². The third kappa shape index (κ3) is 5.28. The minimum absolute atomic E-state index is 0.149. The lowest BCUT2D eigenvalue weighted by atomic mass is 10.1. The van der Waals surface area contributed by atoms with Gasteiger partial charge < -0.3 is 16.2 Å². The highest BCUT2D eigenvalue weighted by atomic mass is 32.1. The van der Waals surface area contributed by atoms with Gasteiger partial charge in [-0.2, -0.15) is 0 Å². The van der Waals surface area contributed by atoms with Crippen LogP contribution >= 0.6 is 11.3 Å². The van der Waals surface area contributed by atoms with Crippen LogP contribution in [0.15, 0.2) is 11.4 Å². The SMILES string of the molecule is CCN(CC(=O)Nc1sccc1C(N)=O)CC(C)(C)O. The number of anilines is 1. The zero-order chi connectivity index (χ0) is 15.3. The second-order valence-electron chi connectivity index (χ2n) is 5.19. The lowest BCUT2D eigenvalue weighted by Gasteiger charge is -2.27. The number of thiophene rings is 1. The average Bonchev–Trinajstić information content (AvgIpc) is 2.74. The predicted molar refractivity (Wildman–Crippen MR) is 79.9 cm³/mol. The zero-order valence-electron chi connectivity index (χ0n) is 12.0. The van der Waals surface area contributed by atoms with Crippen LogP contribution in [0.1, 0.15) is 31.1 Å². The number of likely N-dealkylation sites (N-methyl/N-ethyl adjacent to an activating group) is 1. The highest BCUT2D eigenvalue weighted by molar-refractivity contribution is 7.14. The molecule has 0 aliphatic heterocycles. The molecule has 112 valence electrons. The van der Waals surface area contributed by atoms with Crippen LogP contribution in [0.25, 0.3) is 0 Å². The van der Waals surface area contributed by atoms with E-state index in [1.165, 1.54) is 11.3 Å². The average molecular weight is 299 g/mol. The van der Waals surface area contributed by atoms with Crippen molar-refractivity contribution in [2.45, 2.75) is 26.4 Å².